The molecule has 1 aliphatic heterocycles. The van der Waals surface area contributed by atoms with Crippen LogP contribution in [0.3, 0.4) is 0 Å². The number of carbonyl (C=O) groups is 1. The summed E-state index contributed by atoms with van der Waals surface area (Å²) in [5.74, 6) is 0.912. The van der Waals surface area contributed by atoms with Gasteiger partial charge in [0.1, 0.15) is 5.82 Å². The molecule has 0 unspecified atom stereocenters. The Morgan fingerprint density at radius 2 is 1.94 bits per heavy atom. The Bertz CT molecular complexity index is 908. The first-order chi connectivity index (χ1) is 14.9. The average molecular weight is 434 g/mol. The monoisotopic (exact) mass is 434 g/mol. The van der Waals surface area contributed by atoms with Crippen molar-refractivity contribution in [2.24, 2.45) is 5.92 Å². The highest BCUT2D eigenvalue weighted by atomic mass is 19.4. The van der Waals surface area contributed by atoms with Crippen molar-refractivity contribution in [3.05, 3.63) is 53.2 Å². The first-order valence-corrected chi connectivity index (χ1v) is 10.4. The van der Waals surface area contributed by atoms with E-state index in [2.05, 4.69) is 15.6 Å². The molecule has 4 rings (SSSR count). The number of ether oxygens (including phenoxy) is 1. The van der Waals surface area contributed by atoms with Crippen LogP contribution in [0, 0.1) is 5.92 Å². The highest BCUT2D eigenvalue weighted by Crippen LogP contribution is 2.35. The molecule has 2 N–H and O–H groups in total. The lowest BCUT2D eigenvalue weighted by atomic mass is 10.0. The third-order valence-electron chi connectivity index (χ3n) is 5.51. The fraction of sp³-hybridized carbons (Fsp3) is 0.455. The number of carbonyl (C=O) groups excluding carboxylic acids is 1. The van der Waals surface area contributed by atoms with Crippen LogP contribution in [0.4, 0.5) is 24.7 Å². The van der Waals surface area contributed by atoms with Crippen LogP contribution >= 0.6 is 0 Å². The van der Waals surface area contributed by atoms with E-state index in [-0.39, 0.29) is 12.1 Å². The lowest BCUT2D eigenvalue weighted by Gasteiger charge is -2.29. The minimum absolute atomic E-state index is 0.0218. The third kappa shape index (κ3) is 5.66. The average Bonchev–Trinajstić information content (AvgIpc) is 3.61. The summed E-state index contributed by atoms with van der Waals surface area (Å²) in [5.41, 5.74) is 0.0859. The molecule has 1 aliphatic carbocycles. The Kier molecular flexibility index (Phi) is 6.31. The second-order valence-electron chi connectivity index (χ2n) is 7.88. The van der Waals surface area contributed by atoms with Crippen LogP contribution in [0.15, 0.2) is 36.5 Å². The van der Waals surface area contributed by atoms with Gasteiger partial charge in [-0.2, -0.15) is 13.2 Å². The van der Waals surface area contributed by atoms with Gasteiger partial charge < -0.3 is 20.3 Å². The van der Waals surface area contributed by atoms with E-state index >= 15 is 0 Å². The number of morpholine rings is 1. The Hall–Kier alpha value is -2.81. The maximum atomic E-state index is 13.6. The van der Waals surface area contributed by atoms with Gasteiger partial charge in [0.15, 0.2) is 0 Å². The summed E-state index contributed by atoms with van der Waals surface area (Å²) in [6, 6.07) is 7.55. The van der Waals surface area contributed by atoms with Crippen molar-refractivity contribution in [3.63, 3.8) is 0 Å². The van der Waals surface area contributed by atoms with Crippen molar-refractivity contribution >= 4 is 17.4 Å². The summed E-state index contributed by atoms with van der Waals surface area (Å²) in [6.07, 6.45) is -0.642. The van der Waals surface area contributed by atoms with E-state index in [1.807, 2.05) is 4.90 Å². The van der Waals surface area contributed by atoms with Crippen LogP contribution in [-0.2, 0) is 17.5 Å². The van der Waals surface area contributed by atoms with Gasteiger partial charge >= 0.3 is 6.18 Å². The van der Waals surface area contributed by atoms with E-state index < -0.39 is 17.6 Å². The van der Waals surface area contributed by atoms with Crippen LogP contribution in [0.25, 0.3) is 0 Å². The predicted molar refractivity (Wildman–Crippen MR) is 111 cm³/mol. The number of nitrogens with one attached hydrogen (secondary N) is 2. The molecule has 0 radical (unpaired) electrons. The minimum atomic E-state index is -4.52. The number of anilines is 2. The number of rotatable bonds is 7. The highest BCUT2D eigenvalue weighted by Gasteiger charge is 2.34. The number of amides is 1. The van der Waals surface area contributed by atoms with Gasteiger partial charge in [-0.15, -0.1) is 0 Å². The van der Waals surface area contributed by atoms with Gasteiger partial charge in [0.05, 0.1) is 24.3 Å². The van der Waals surface area contributed by atoms with Gasteiger partial charge in [-0.05, 0) is 48.6 Å². The molecule has 2 fully saturated rings. The van der Waals surface area contributed by atoms with Crippen molar-refractivity contribution in [3.8, 4) is 0 Å². The van der Waals surface area contributed by atoms with Gasteiger partial charge in [0, 0.05) is 38.1 Å². The summed E-state index contributed by atoms with van der Waals surface area (Å²) in [7, 11) is 0. The van der Waals surface area contributed by atoms with Gasteiger partial charge in [0.25, 0.3) is 5.91 Å². The van der Waals surface area contributed by atoms with Crippen LogP contribution < -0.4 is 15.5 Å². The third-order valence-corrected chi connectivity index (χ3v) is 5.51. The van der Waals surface area contributed by atoms with Crippen LogP contribution in [0.5, 0.6) is 0 Å². The van der Waals surface area contributed by atoms with E-state index in [0.717, 1.165) is 12.6 Å². The Labute approximate surface area is 178 Å². The lowest BCUT2D eigenvalue weighted by Crippen LogP contribution is -2.36. The zero-order valence-corrected chi connectivity index (χ0v) is 17.0. The molecule has 166 valence electrons. The summed E-state index contributed by atoms with van der Waals surface area (Å²) < 4.78 is 46.2. The summed E-state index contributed by atoms with van der Waals surface area (Å²) in [6.45, 7) is 2.71. The molecule has 0 atom stereocenters. The van der Waals surface area contributed by atoms with Crippen molar-refractivity contribution in [2.75, 3.05) is 43.1 Å². The summed E-state index contributed by atoms with van der Waals surface area (Å²) in [5, 5.41) is 5.78. The normalized spacial score (nSPS) is 16.8. The molecule has 2 aliphatic rings. The molecule has 2 aromatic rings. The van der Waals surface area contributed by atoms with E-state index in [1.54, 1.807) is 18.2 Å². The topological polar surface area (TPSA) is 66.5 Å². The van der Waals surface area contributed by atoms with Crippen molar-refractivity contribution < 1.29 is 22.7 Å². The number of hydrogen-bond acceptors (Lipinski definition) is 5. The van der Waals surface area contributed by atoms with Crippen LogP contribution in [0.2, 0.25) is 0 Å². The van der Waals surface area contributed by atoms with Gasteiger partial charge in [-0.3, -0.25) is 4.79 Å². The SMILES string of the molecule is O=C(NCc1ccc(N2CCOCC2)cc1C(F)(F)F)c1ccc(NCC2CC2)nc1. The number of benzene rings is 1. The molecule has 31 heavy (non-hydrogen) atoms. The summed E-state index contributed by atoms with van der Waals surface area (Å²) >= 11 is 0. The van der Waals surface area contributed by atoms with Gasteiger partial charge in [-0.1, -0.05) is 6.07 Å². The molecule has 1 saturated heterocycles. The summed E-state index contributed by atoms with van der Waals surface area (Å²) in [4.78, 5) is 18.5. The van der Waals surface area contributed by atoms with Crippen LogP contribution in [0.1, 0.15) is 34.3 Å². The number of nitrogens with zero attached hydrogens (tertiary/aromatic N) is 2. The number of aromatic nitrogens is 1. The zero-order chi connectivity index (χ0) is 21.8. The minimum Gasteiger partial charge on any atom is -0.378 e. The van der Waals surface area contributed by atoms with Crippen LogP contribution in [-0.4, -0.2) is 43.7 Å². The highest BCUT2D eigenvalue weighted by molar-refractivity contribution is 5.94. The molecule has 1 aromatic heterocycles. The van der Waals surface area contributed by atoms with Crippen molar-refractivity contribution in [1.29, 1.82) is 0 Å². The van der Waals surface area contributed by atoms with E-state index in [1.165, 1.54) is 25.1 Å². The molecule has 2 heterocycles. The molecular weight excluding hydrogens is 409 g/mol. The number of alkyl halides is 3. The fourth-order valence-electron chi connectivity index (χ4n) is 3.48. The molecule has 1 aromatic carbocycles. The predicted octanol–water partition coefficient (Wildman–Crippen LogP) is 3.69. The first kappa shape index (κ1) is 21.4. The quantitative estimate of drug-likeness (QED) is 0.696. The standard InChI is InChI=1S/C22H25F3N4O2/c23-22(24,25)19-11-18(29-7-9-31-10-8-29)5-3-16(19)13-28-21(30)17-4-6-20(27-14-17)26-12-15-1-2-15/h3-6,11,14-15H,1-2,7-10,12-13H2,(H,26,27)(H,28,30). The van der Waals surface area contributed by atoms with Gasteiger partial charge in [0.2, 0.25) is 0 Å². The van der Waals surface area contributed by atoms with E-state index in [0.29, 0.717) is 49.3 Å². The number of hydrogen-bond donors (Lipinski definition) is 2. The first-order valence-electron chi connectivity index (χ1n) is 10.4. The Morgan fingerprint density at radius 3 is 2.58 bits per heavy atom. The zero-order valence-electron chi connectivity index (χ0n) is 17.0. The lowest BCUT2D eigenvalue weighted by molar-refractivity contribution is -0.138. The molecule has 9 heteroatoms. The fourth-order valence-corrected chi connectivity index (χ4v) is 3.48. The molecule has 0 bridgehead atoms. The Morgan fingerprint density at radius 1 is 1.16 bits per heavy atom. The van der Waals surface area contributed by atoms with E-state index in [4.69, 9.17) is 4.74 Å². The maximum Gasteiger partial charge on any atom is 0.416 e. The maximum absolute atomic E-state index is 13.6. The van der Waals surface area contributed by atoms with Crippen molar-refractivity contribution in [1.82, 2.24) is 10.3 Å². The van der Waals surface area contributed by atoms with Crippen molar-refractivity contribution in [2.45, 2.75) is 25.6 Å². The smallest absolute Gasteiger partial charge is 0.378 e. The molecule has 1 saturated carbocycles. The van der Waals surface area contributed by atoms with E-state index in [9.17, 15) is 18.0 Å². The molecule has 6 nitrogen and oxygen atoms in total. The number of pyridine rings is 1. The van der Waals surface area contributed by atoms with Gasteiger partial charge in [-0.25, -0.2) is 4.98 Å². The molecular formula is C22H25F3N4O2. The number of halogens is 3. The second-order valence-corrected chi connectivity index (χ2v) is 7.88. The Balaban J connectivity index is 1.41. The second kappa shape index (κ2) is 9.13. The molecule has 0 spiro atoms. The molecule has 1 amide bonds. The largest absolute Gasteiger partial charge is 0.416 e.